The summed E-state index contributed by atoms with van der Waals surface area (Å²) in [6.07, 6.45) is 1.64. The lowest BCUT2D eigenvalue weighted by atomic mass is 9.93. The molecule has 1 aromatic carbocycles. The molecule has 2 heterocycles. The number of fused-ring (bicyclic) bond motifs is 1. The predicted molar refractivity (Wildman–Crippen MR) is 63.4 cm³/mol. The Balaban J connectivity index is 1.94. The summed E-state index contributed by atoms with van der Waals surface area (Å²) in [5.74, 6) is 1.53. The third-order valence-corrected chi connectivity index (χ3v) is 3.42. The second-order valence-corrected chi connectivity index (χ2v) is 4.67. The van der Waals surface area contributed by atoms with E-state index >= 15 is 0 Å². The fourth-order valence-corrected chi connectivity index (χ4v) is 2.38. The Bertz CT molecular complexity index is 413. The maximum Gasteiger partial charge on any atom is 0.161 e. The number of aliphatic hydroxyl groups is 1. The molecule has 0 aliphatic carbocycles. The van der Waals surface area contributed by atoms with E-state index in [-0.39, 0.29) is 0 Å². The highest BCUT2D eigenvalue weighted by Crippen LogP contribution is 2.36. The lowest BCUT2D eigenvalue weighted by Crippen LogP contribution is -2.28. The molecule has 2 N–H and O–H groups in total. The molecule has 3 rings (SSSR count). The first-order valence-corrected chi connectivity index (χ1v) is 6.11. The molecule has 17 heavy (non-hydrogen) atoms. The molecule has 0 radical (unpaired) electrons. The van der Waals surface area contributed by atoms with Gasteiger partial charge in [-0.05, 0) is 30.7 Å². The van der Waals surface area contributed by atoms with Gasteiger partial charge in [0.05, 0.1) is 13.2 Å². The molecular weight excluding hydrogens is 218 g/mol. The molecule has 2 aliphatic rings. The molecule has 0 bridgehead atoms. The van der Waals surface area contributed by atoms with Crippen molar-refractivity contribution < 1.29 is 14.6 Å². The van der Waals surface area contributed by atoms with Gasteiger partial charge in [-0.15, -0.1) is 0 Å². The van der Waals surface area contributed by atoms with Gasteiger partial charge in [0.2, 0.25) is 0 Å². The van der Waals surface area contributed by atoms with Crippen LogP contribution in [0.15, 0.2) is 18.2 Å². The first-order chi connectivity index (χ1) is 8.28. The van der Waals surface area contributed by atoms with Crippen LogP contribution in [0.1, 0.15) is 18.4 Å². The van der Waals surface area contributed by atoms with Gasteiger partial charge in [0.25, 0.3) is 0 Å². The Hall–Kier alpha value is -1.26. The Morgan fingerprint density at radius 2 is 2.00 bits per heavy atom. The van der Waals surface area contributed by atoms with Gasteiger partial charge in [0, 0.05) is 13.0 Å². The predicted octanol–water partition coefficient (Wildman–Crippen LogP) is 1.03. The monoisotopic (exact) mass is 235 g/mol. The average molecular weight is 235 g/mol. The number of β-amino-alcohol motifs (C(OH)–C–C–N with tert-alkyl or cyclic N) is 1. The fraction of sp³-hybridized carbons (Fsp3) is 0.538. The fourth-order valence-electron chi connectivity index (χ4n) is 2.38. The van der Waals surface area contributed by atoms with Crippen molar-refractivity contribution in [2.24, 2.45) is 0 Å². The Morgan fingerprint density at radius 3 is 2.76 bits per heavy atom. The zero-order valence-corrected chi connectivity index (χ0v) is 9.74. The smallest absolute Gasteiger partial charge is 0.161 e. The number of ether oxygens (including phenoxy) is 2. The molecule has 1 atom stereocenters. The Kier molecular flexibility index (Phi) is 2.68. The summed E-state index contributed by atoms with van der Waals surface area (Å²) in [6.45, 7) is 2.82. The normalized spacial score (nSPS) is 27.8. The highest BCUT2D eigenvalue weighted by atomic mass is 16.5. The van der Waals surface area contributed by atoms with E-state index in [0.717, 1.165) is 36.4 Å². The van der Waals surface area contributed by atoms with Crippen molar-refractivity contribution in [1.82, 2.24) is 5.32 Å². The molecule has 0 aromatic heterocycles. The van der Waals surface area contributed by atoms with Crippen molar-refractivity contribution >= 4 is 0 Å². The SMILES string of the molecule is OC1(c2ccc3c(c2)OCCCO3)CCNC1. The average Bonchev–Trinajstić information content (AvgIpc) is 2.65. The molecule has 0 saturated carbocycles. The van der Waals surface area contributed by atoms with Crippen LogP contribution in [0.2, 0.25) is 0 Å². The maximum atomic E-state index is 10.5. The van der Waals surface area contributed by atoms with Gasteiger partial charge in [0.1, 0.15) is 5.60 Å². The summed E-state index contributed by atoms with van der Waals surface area (Å²) in [5.41, 5.74) is 0.150. The second kappa shape index (κ2) is 4.20. The summed E-state index contributed by atoms with van der Waals surface area (Å²) < 4.78 is 11.2. The van der Waals surface area contributed by atoms with Crippen molar-refractivity contribution in [1.29, 1.82) is 0 Å². The van der Waals surface area contributed by atoms with Crippen LogP contribution in [-0.2, 0) is 5.60 Å². The molecule has 0 amide bonds. The van der Waals surface area contributed by atoms with Crippen LogP contribution in [0.3, 0.4) is 0 Å². The minimum atomic E-state index is -0.759. The van der Waals surface area contributed by atoms with Gasteiger partial charge >= 0.3 is 0 Å². The van der Waals surface area contributed by atoms with Crippen molar-refractivity contribution in [2.75, 3.05) is 26.3 Å². The summed E-state index contributed by atoms with van der Waals surface area (Å²) in [7, 11) is 0. The Labute approximate surface area is 101 Å². The van der Waals surface area contributed by atoms with E-state index in [4.69, 9.17) is 9.47 Å². The van der Waals surface area contributed by atoms with Gasteiger partial charge in [-0.2, -0.15) is 0 Å². The van der Waals surface area contributed by atoms with Gasteiger partial charge < -0.3 is 19.9 Å². The summed E-state index contributed by atoms with van der Waals surface area (Å²) in [6, 6.07) is 5.74. The molecule has 4 heteroatoms. The highest BCUT2D eigenvalue weighted by molar-refractivity contribution is 5.45. The van der Waals surface area contributed by atoms with Crippen LogP contribution in [0, 0.1) is 0 Å². The molecule has 92 valence electrons. The van der Waals surface area contributed by atoms with Crippen molar-refractivity contribution in [3.05, 3.63) is 23.8 Å². The summed E-state index contributed by atoms with van der Waals surface area (Å²) in [5, 5.41) is 13.7. The third-order valence-electron chi connectivity index (χ3n) is 3.42. The molecule has 1 aromatic rings. The molecule has 0 spiro atoms. The number of rotatable bonds is 1. The van der Waals surface area contributed by atoms with Crippen LogP contribution in [0.4, 0.5) is 0 Å². The van der Waals surface area contributed by atoms with E-state index in [2.05, 4.69) is 5.32 Å². The van der Waals surface area contributed by atoms with Crippen LogP contribution < -0.4 is 14.8 Å². The van der Waals surface area contributed by atoms with Gasteiger partial charge in [-0.25, -0.2) is 0 Å². The van der Waals surface area contributed by atoms with Crippen LogP contribution in [-0.4, -0.2) is 31.4 Å². The minimum Gasteiger partial charge on any atom is -0.490 e. The first kappa shape index (κ1) is 10.9. The number of hydrogen-bond donors (Lipinski definition) is 2. The molecule has 1 unspecified atom stereocenters. The van der Waals surface area contributed by atoms with Crippen LogP contribution in [0.5, 0.6) is 11.5 Å². The van der Waals surface area contributed by atoms with Gasteiger partial charge in [0.15, 0.2) is 11.5 Å². The zero-order valence-electron chi connectivity index (χ0n) is 9.74. The van der Waals surface area contributed by atoms with Gasteiger partial charge in [-0.1, -0.05) is 6.07 Å². The second-order valence-electron chi connectivity index (χ2n) is 4.67. The third kappa shape index (κ3) is 1.98. The summed E-state index contributed by atoms with van der Waals surface area (Å²) >= 11 is 0. The van der Waals surface area contributed by atoms with E-state index in [1.54, 1.807) is 0 Å². The number of nitrogens with one attached hydrogen (secondary N) is 1. The largest absolute Gasteiger partial charge is 0.490 e. The van der Waals surface area contributed by atoms with E-state index in [9.17, 15) is 5.11 Å². The number of benzene rings is 1. The molecule has 2 aliphatic heterocycles. The van der Waals surface area contributed by atoms with Crippen LogP contribution >= 0.6 is 0 Å². The van der Waals surface area contributed by atoms with Crippen molar-refractivity contribution in [3.63, 3.8) is 0 Å². The lowest BCUT2D eigenvalue weighted by molar-refractivity contribution is 0.0584. The first-order valence-electron chi connectivity index (χ1n) is 6.11. The summed E-state index contributed by atoms with van der Waals surface area (Å²) in [4.78, 5) is 0. The van der Waals surface area contributed by atoms with E-state index in [1.165, 1.54) is 0 Å². The van der Waals surface area contributed by atoms with Crippen molar-refractivity contribution in [2.45, 2.75) is 18.4 Å². The maximum absolute atomic E-state index is 10.5. The lowest BCUT2D eigenvalue weighted by Gasteiger charge is -2.22. The van der Waals surface area contributed by atoms with E-state index in [0.29, 0.717) is 19.8 Å². The quantitative estimate of drug-likeness (QED) is 0.763. The van der Waals surface area contributed by atoms with Crippen molar-refractivity contribution in [3.8, 4) is 11.5 Å². The minimum absolute atomic E-state index is 0.604. The number of hydrogen-bond acceptors (Lipinski definition) is 4. The molecule has 1 fully saturated rings. The van der Waals surface area contributed by atoms with Crippen LogP contribution in [0.25, 0.3) is 0 Å². The Morgan fingerprint density at radius 1 is 1.18 bits per heavy atom. The van der Waals surface area contributed by atoms with E-state index in [1.807, 2.05) is 18.2 Å². The standard InChI is InChI=1S/C13H17NO3/c15-13(4-5-14-9-13)10-2-3-11-12(8-10)17-7-1-6-16-11/h2-3,8,14-15H,1,4-7,9H2. The molecule has 1 saturated heterocycles. The highest BCUT2D eigenvalue weighted by Gasteiger charge is 2.33. The topological polar surface area (TPSA) is 50.7 Å². The van der Waals surface area contributed by atoms with E-state index < -0.39 is 5.60 Å². The molecule has 4 nitrogen and oxygen atoms in total. The molecular formula is C13H17NO3. The zero-order chi connectivity index (χ0) is 11.7. The van der Waals surface area contributed by atoms with Gasteiger partial charge in [-0.3, -0.25) is 0 Å².